The lowest BCUT2D eigenvalue weighted by Gasteiger charge is -2.20. The molecule has 1 aromatic carbocycles. The molecule has 0 saturated carbocycles. The molecule has 0 saturated heterocycles. The summed E-state index contributed by atoms with van der Waals surface area (Å²) >= 11 is 0. The van der Waals surface area contributed by atoms with Gasteiger partial charge in [-0.2, -0.15) is 0 Å². The number of terminal acetylenes is 1. The van der Waals surface area contributed by atoms with Gasteiger partial charge in [0.25, 0.3) is 0 Å². The van der Waals surface area contributed by atoms with E-state index in [2.05, 4.69) is 31.0 Å². The van der Waals surface area contributed by atoms with Crippen molar-refractivity contribution in [1.82, 2.24) is 4.90 Å². The van der Waals surface area contributed by atoms with Crippen LogP contribution in [0, 0.1) is 26.2 Å². The van der Waals surface area contributed by atoms with E-state index in [-0.39, 0.29) is 5.91 Å². The van der Waals surface area contributed by atoms with Crippen molar-refractivity contribution in [3.63, 3.8) is 0 Å². The molecule has 0 radical (unpaired) electrons. The van der Waals surface area contributed by atoms with E-state index in [1.807, 2.05) is 13.8 Å². The zero-order chi connectivity index (χ0) is 13.5. The van der Waals surface area contributed by atoms with Gasteiger partial charge in [0.2, 0.25) is 5.91 Å². The summed E-state index contributed by atoms with van der Waals surface area (Å²) in [4.78, 5) is 13.9. The average Bonchev–Trinajstić information content (AvgIpc) is 2.33. The molecule has 18 heavy (non-hydrogen) atoms. The van der Waals surface area contributed by atoms with E-state index in [1.54, 1.807) is 4.90 Å². The third-order valence-electron chi connectivity index (χ3n) is 2.97. The number of amides is 1. The van der Waals surface area contributed by atoms with Gasteiger partial charge in [0, 0.05) is 6.54 Å². The fraction of sp³-hybridized carbons (Fsp3) is 0.438. The number of nitrogens with zero attached hydrogens (tertiary/aromatic N) is 1. The van der Waals surface area contributed by atoms with Crippen LogP contribution in [0.15, 0.2) is 18.2 Å². The monoisotopic (exact) mass is 243 g/mol. The van der Waals surface area contributed by atoms with Gasteiger partial charge in [-0.05, 0) is 31.4 Å². The Kier molecular flexibility index (Phi) is 5.45. The van der Waals surface area contributed by atoms with Gasteiger partial charge in [-0.1, -0.05) is 36.6 Å². The van der Waals surface area contributed by atoms with E-state index in [0.717, 1.165) is 24.1 Å². The molecule has 0 atom stereocenters. The van der Waals surface area contributed by atoms with Crippen molar-refractivity contribution in [3.8, 4) is 12.3 Å². The molecule has 0 unspecified atom stereocenters. The maximum absolute atomic E-state index is 12.2. The molecule has 1 amide bonds. The van der Waals surface area contributed by atoms with Crippen LogP contribution in [0.5, 0.6) is 0 Å². The van der Waals surface area contributed by atoms with Crippen LogP contribution in [0.2, 0.25) is 0 Å². The Balaban J connectivity index is 2.79. The van der Waals surface area contributed by atoms with E-state index in [1.165, 1.54) is 5.56 Å². The minimum Gasteiger partial charge on any atom is -0.331 e. The number of carbonyl (C=O) groups is 1. The van der Waals surface area contributed by atoms with Gasteiger partial charge < -0.3 is 4.90 Å². The Hall–Kier alpha value is -1.75. The number of benzene rings is 1. The van der Waals surface area contributed by atoms with Gasteiger partial charge in [-0.3, -0.25) is 4.79 Å². The highest BCUT2D eigenvalue weighted by Crippen LogP contribution is 2.12. The quantitative estimate of drug-likeness (QED) is 0.728. The van der Waals surface area contributed by atoms with Crippen LogP contribution in [-0.4, -0.2) is 23.9 Å². The lowest BCUT2D eigenvalue weighted by molar-refractivity contribution is -0.129. The van der Waals surface area contributed by atoms with E-state index in [0.29, 0.717) is 13.0 Å². The first-order valence-electron chi connectivity index (χ1n) is 6.35. The van der Waals surface area contributed by atoms with Crippen LogP contribution >= 0.6 is 0 Å². The molecule has 0 heterocycles. The first-order chi connectivity index (χ1) is 8.58. The molecule has 0 spiro atoms. The van der Waals surface area contributed by atoms with Crippen LogP contribution < -0.4 is 0 Å². The molecule has 0 N–H and O–H groups in total. The zero-order valence-corrected chi connectivity index (χ0v) is 11.5. The topological polar surface area (TPSA) is 20.3 Å². The Morgan fingerprint density at radius 1 is 1.39 bits per heavy atom. The second-order valence-electron chi connectivity index (χ2n) is 4.63. The van der Waals surface area contributed by atoms with Crippen molar-refractivity contribution in [2.45, 2.75) is 33.6 Å². The summed E-state index contributed by atoms with van der Waals surface area (Å²) in [7, 11) is 0. The molecular formula is C16H21NO. The van der Waals surface area contributed by atoms with Crippen LogP contribution in [-0.2, 0) is 11.2 Å². The largest absolute Gasteiger partial charge is 0.331 e. The number of rotatable bonds is 5. The Bertz CT molecular complexity index is 457. The van der Waals surface area contributed by atoms with Gasteiger partial charge in [0.1, 0.15) is 0 Å². The van der Waals surface area contributed by atoms with Crippen molar-refractivity contribution in [2.75, 3.05) is 13.1 Å². The Morgan fingerprint density at radius 2 is 2.11 bits per heavy atom. The minimum absolute atomic E-state index is 0.114. The second kappa shape index (κ2) is 6.86. The standard InChI is InChI=1S/C16H21NO/c1-5-9-17(10-6-2)16(18)12-15-11-13(3)7-8-14(15)4/h1,7-8,11H,6,9-10,12H2,2-4H3. The van der Waals surface area contributed by atoms with Crippen molar-refractivity contribution in [3.05, 3.63) is 34.9 Å². The normalized spacial score (nSPS) is 9.89. The molecule has 2 nitrogen and oxygen atoms in total. The smallest absolute Gasteiger partial charge is 0.227 e. The van der Waals surface area contributed by atoms with Gasteiger partial charge in [-0.25, -0.2) is 0 Å². The van der Waals surface area contributed by atoms with E-state index >= 15 is 0 Å². The summed E-state index contributed by atoms with van der Waals surface area (Å²) in [6, 6.07) is 6.20. The number of aryl methyl sites for hydroxylation is 2. The summed E-state index contributed by atoms with van der Waals surface area (Å²) < 4.78 is 0. The summed E-state index contributed by atoms with van der Waals surface area (Å²) in [5, 5.41) is 0. The third kappa shape index (κ3) is 3.92. The number of carbonyl (C=O) groups excluding carboxylic acids is 1. The van der Waals surface area contributed by atoms with E-state index in [9.17, 15) is 4.79 Å². The predicted molar refractivity (Wildman–Crippen MR) is 75.3 cm³/mol. The van der Waals surface area contributed by atoms with E-state index in [4.69, 9.17) is 6.42 Å². The molecule has 1 rings (SSSR count). The fourth-order valence-corrected chi connectivity index (χ4v) is 1.94. The predicted octanol–water partition coefficient (Wildman–Crippen LogP) is 2.72. The fourth-order valence-electron chi connectivity index (χ4n) is 1.94. The van der Waals surface area contributed by atoms with E-state index < -0.39 is 0 Å². The van der Waals surface area contributed by atoms with Crippen molar-refractivity contribution in [2.24, 2.45) is 0 Å². The molecule has 0 aromatic heterocycles. The lowest BCUT2D eigenvalue weighted by Crippen LogP contribution is -2.33. The Labute approximate surface area is 110 Å². The zero-order valence-electron chi connectivity index (χ0n) is 11.5. The minimum atomic E-state index is 0.114. The number of hydrogen-bond donors (Lipinski definition) is 0. The molecule has 0 aliphatic heterocycles. The first-order valence-corrected chi connectivity index (χ1v) is 6.35. The summed E-state index contributed by atoms with van der Waals surface area (Å²) in [5.41, 5.74) is 3.44. The van der Waals surface area contributed by atoms with Gasteiger partial charge in [0.15, 0.2) is 0 Å². The van der Waals surface area contributed by atoms with Crippen LogP contribution in [0.4, 0.5) is 0 Å². The SMILES string of the molecule is C#CCN(CCC)C(=O)Cc1cc(C)ccc1C. The van der Waals surface area contributed by atoms with Gasteiger partial charge in [0.05, 0.1) is 13.0 Å². The molecule has 1 aromatic rings. The molecule has 0 bridgehead atoms. The van der Waals surface area contributed by atoms with Gasteiger partial charge in [-0.15, -0.1) is 6.42 Å². The van der Waals surface area contributed by atoms with Crippen LogP contribution in [0.1, 0.15) is 30.0 Å². The lowest BCUT2D eigenvalue weighted by atomic mass is 10.0. The molecule has 0 aliphatic carbocycles. The highest BCUT2D eigenvalue weighted by Gasteiger charge is 2.13. The summed E-state index contributed by atoms with van der Waals surface area (Å²) in [5.74, 6) is 2.66. The maximum Gasteiger partial charge on any atom is 0.227 e. The van der Waals surface area contributed by atoms with Crippen molar-refractivity contribution < 1.29 is 4.79 Å². The molecule has 2 heteroatoms. The third-order valence-corrected chi connectivity index (χ3v) is 2.97. The first kappa shape index (κ1) is 14.3. The maximum atomic E-state index is 12.2. The average molecular weight is 243 g/mol. The Morgan fingerprint density at radius 3 is 2.72 bits per heavy atom. The molecule has 0 fully saturated rings. The second-order valence-corrected chi connectivity index (χ2v) is 4.63. The van der Waals surface area contributed by atoms with Crippen LogP contribution in [0.3, 0.4) is 0 Å². The molecule has 96 valence electrons. The molecular weight excluding hydrogens is 222 g/mol. The molecule has 0 aliphatic rings. The number of hydrogen-bond acceptors (Lipinski definition) is 1. The van der Waals surface area contributed by atoms with Crippen molar-refractivity contribution >= 4 is 5.91 Å². The van der Waals surface area contributed by atoms with Crippen molar-refractivity contribution in [1.29, 1.82) is 0 Å². The highest BCUT2D eigenvalue weighted by atomic mass is 16.2. The van der Waals surface area contributed by atoms with Crippen LogP contribution in [0.25, 0.3) is 0 Å². The summed E-state index contributed by atoms with van der Waals surface area (Å²) in [6.45, 7) is 7.26. The summed E-state index contributed by atoms with van der Waals surface area (Å²) in [6.07, 6.45) is 6.67. The van der Waals surface area contributed by atoms with Gasteiger partial charge >= 0.3 is 0 Å². The highest BCUT2D eigenvalue weighted by molar-refractivity contribution is 5.79.